The van der Waals surface area contributed by atoms with E-state index >= 15 is 0 Å². The number of thiazole rings is 1. The Morgan fingerprint density at radius 3 is 2.63 bits per heavy atom. The van der Waals surface area contributed by atoms with Crippen molar-refractivity contribution in [3.63, 3.8) is 0 Å². The Kier molecular flexibility index (Phi) is 5.16. The molecule has 0 bridgehead atoms. The van der Waals surface area contributed by atoms with Gasteiger partial charge in [0, 0.05) is 24.7 Å². The van der Waals surface area contributed by atoms with Gasteiger partial charge >= 0.3 is 0 Å². The highest BCUT2D eigenvalue weighted by molar-refractivity contribution is 7.13. The van der Waals surface area contributed by atoms with Gasteiger partial charge in [0.2, 0.25) is 5.91 Å². The summed E-state index contributed by atoms with van der Waals surface area (Å²) in [5.74, 6) is 0.876. The van der Waals surface area contributed by atoms with Crippen molar-refractivity contribution in [1.82, 2.24) is 14.9 Å². The molecule has 0 radical (unpaired) electrons. The molecule has 4 rings (SSSR count). The number of pyridine rings is 1. The first-order valence-corrected chi connectivity index (χ1v) is 9.99. The number of rotatable bonds is 4. The molecule has 1 amide bonds. The third kappa shape index (κ3) is 4.17. The standard InChI is InChI=1S/C21H21N3O2S/c25-18-6-4-15(5-7-18)16-8-11-24(12-9-16)20(26)13-17-14-27-21(23-17)19-3-1-2-10-22-19/h1-7,10,14,16,25H,8-9,11-13H2. The zero-order valence-corrected chi connectivity index (χ0v) is 15.7. The number of nitrogens with zero attached hydrogens (tertiary/aromatic N) is 3. The van der Waals surface area contributed by atoms with Crippen LogP contribution in [0.1, 0.15) is 30.0 Å². The number of amides is 1. The maximum atomic E-state index is 12.6. The average molecular weight is 379 g/mol. The quantitative estimate of drug-likeness (QED) is 0.747. The highest BCUT2D eigenvalue weighted by Gasteiger charge is 2.24. The second-order valence-corrected chi connectivity index (χ2v) is 7.64. The van der Waals surface area contributed by atoms with Crippen molar-refractivity contribution in [3.8, 4) is 16.5 Å². The van der Waals surface area contributed by atoms with Crippen LogP contribution in [0.25, 0.3) is 10.7 Å². The molecule has 0 saturated carbocycles. The molecule has 1 saturated heterocycles. The van der Waals surface area contributed by atoms with Crippen LogP contribution < -0.4 is 0 Å². The maximum absolute atomic E-state index is 12.6. The fourth-order valence-electron chi connectivity index (χ4n) is 3.47. The van der Waals surface area contributed by atoms with Crippen LogP contribution in [-0.2, 0) is 11.2 Å². The van der Waals surface area contributed by atoms with Crippen molar-refractivity contribution in [2.45, 2.75) is 25.2 Å². The summed E-state index contributed by atoms with van der Waals surface area (Å²) >= 11 is 1.53. The van der Waals surface area contributed by atoms with E-state index in [0.717, 1.165) is 42.3 Å². The summed E-state index contributed by atoms with van der Waals surface area (Å²) < 4.78 is 0. The molecule has 0 spiro atoms. The van der Waals surface area contributed by atoms with Crippen LogP contribution in [0.15, 0.2) is 54.0 Å². The average Bonchev–Trinajstić information content (AvgIpc) is 3.18. The molecule has 138 valence electrons. The minimum Gasteiger partial charge on any atom is -0.508 e. The highest BCUT2D eigenvalue weighted by atomic mass is 32.1. The molecule has 5 nitrogen and oxygen atoms in total. The van der Waals surface area contributed by atoms with Gasteiger partial charge in [-0.2, -0.15) is 0 Å². The molecule has 0 unspecified atom stereocenters. The van der Waals surface area contributed by atoms with E-state index in [0.29, 0.717) is 18.1 Å². The van der Waals surface area contributed by atoms with E-state index in [1.807, 2.05) is 40.6 Å². The third-order valence-electron chi connectivity index (χ3n) is 4.98. The molecule has 6 heteroatoms. The largest absolute Gasteiger partial charge is 0.508 e. The molecule has 1 aliphatic heterocycles. The number of phenols is 1. The third-order valence-corrected chi connectivity index (χ3v) is 5.89. The minimum atomic E-state index is 0.136. The number of benzene rings is 1. The van der Waals surface area contributed by atoms with E-state index in [9.17, 15) is 9.90 Å². The summed E-state index contributed by atoms with van der Waals surface area (Å²) in [6, 6.07) is 13.2. The number of likely N-dealkylation sites (tertiary alicyclic amines) is 1. The SMILES string of the molecule is O=C(Cc1csc(-c2ccccn2)n1)N1CCC(c2ccc(O)cc2)CC1. The van der Waals surface area contributed by atoms with E-state index in [4.69, 9.17) is 0 Å². The number of aromatic nitrogens is 2. The van der Waals surface area contributed by atoms with Gasteiger partial charge in [0.15, 0.2) is 0 Å². The summed E-state index contributed by atoms with van der Waals surface area (Å²) in [6.07, 6.45) is 3.99. The second-order valence-electron chi connectivity index (χ2n) is 6.78. The molecular formula is C21H21N3O2S. The number of hydrogen-bond acceptors (Lipinski definition) is 5. The van der Waals surface area contributed by atoms with E-state index in [1.54, 1.807) is 18.3 Å². The monoisotopic (exact) mass is 379 g/mol. The number of carbonyl (C=O) groups excluding carboxylic acids is 1. The van der Waals surface area contributed by atoms with Crippen molar-refractivity contribution >= 4 is 17.2 Å². The molecule has 1 N–H and O–H groups in total. The number of carbonyl (C=O) groups is 1. The van der Waals surface area contributed by atoms with Crippen LogP contribution in [0.2, 0.25) is 0 Å². The Labute approximate surface area is 162 Å². The molecule has 3 heterocycles. The number of phenolic OH excluding ortho intramolecular Hbond substituents is 1. The molecular weight excluding hydrogens is 358 g/mol. The molecule has 0 aliphatic carbocycles. The van der Waals surface area contributed by atoms with Crippen molar-refractivity contribution in [2.75, 3.05) is 13.1 Å². The predicted octanol–water partition coefficient (Wildman–Crippen LogP) is 3.86. The summed E-state index contributed by atoms with van der Waals surface area (Å²) in [5.41, 5.74) is 2.89. The molecule has 1 fully saturated rings. The highest BCUT2D eigenvalue weighted by Crippen LogP contribution is 2.29. The van der Waals surface area contributed by atoms with Gasteiger partial charge in [-0.25, -0.2) is 4.98 Å². The minimum absolute atomic E-state index is 0.136. The van der Waals surface area contributed by atoms with Gasteiger partial charge in [-0.05, 0) is 48.6 Å². The number of piperidine rings is 1. The normalized spacial score (nSPS) is 15.0. The fourth-order valence-corrected chi connectivity index (χ4v) is 4.27. The van der Waals surface area contributed by atoms with E-state index in [-0.39, 0.29) is 5.91 Å². The maximum Gasteiger partial charge on any atom is 0.228 e. The van der Waals surface area contributed by atoms with Gasteiger partial charge in [0.1, 0.15) is 10.8 Å². The Bertz CT molecular complexity index is 901. The van der Waals surface area contributed by atoms with Crippen LogP contribution in [0.3, 0.4) is 0 Å². The van der Waals surface area contributed by atoms with E-state index in [2.05, 4.69) is 9.97 Å². The topological polar surface area (TPSA) is 66.3 Å². The lowest BCUT2D eigenvalue weighted by Gasteiger charge is -2.32. The van der Waals surface area contributed by atoms with Crippen molar-refractivity contribution in [3.05, 3.63) is 65.3 Å². The predicted molar refractivity (Wildman–Crippen MR) is 106 cm³/mol. The lowest BCUT2D eigenvalue weighted by atomic mass is 9.89. The summed E-state index contributed by atoms with van der Waals surface area (Å²) in [6.45, 7) is 1.53. The zero-order chi connectivity index (χ0) is 18.6. The lowest BCUT2D eigenvalue weighted by molar-refractivity contribution is -0.131. The first-order valence-electron chi connectivity index (χ1n) is 9.11. The zero-order valence-electron chi connectivity index (χ0n) is 14.9. The summed E-state index contributed by atoms with van der Waals surface area (Å²) in [4.78, 5) is 23.5. The number of aromatic hydroxyl groups is 1. The van der Waals surface area contributed by atoms with E-state index in [1.165, 1.54) is 16.9 Å². The van der Waals surface area contributed by atoms with Gasteiger partial charge in [-0.1, -0.05) is 18.2 Å². The molecule has 3 aromatic rings. The van der Waals surface area contributed by atoms with Crippen molar-refractivity contribution < 1.29 is 9.90 Å². The first-order chi connectivity index (χ1) is 13.2. The van der Waals surface area contributed by atoms with Crippen LogP contribution in [0.5, 0.6) is 5.75 Å². The first kappa shape index (κ1) is 17.7. The van der Waals surface area contributed by atoms with Gasteiger partial charge in [-0.3, -0.25) is 9.78 Å². The van der Waals surface area contributed by atoms with Crippen LogP contribution in [-0.4, -0.2) is 39.0 Å². The molecule has 1 aromatic carbocycles. The molecule has 1 aliphatic rings. The van der Waals surface area contributed by atoms with Gasteiger partial charge < -0.3 is 10.0 Å². The summed E-state index contributed by atoms with van der Waals surface area (Å²) in [5, 5.41) is 12.2. The van der Waals surface area contributed by atoms with Crippen molar-refractivity contribution in [1.29, 1.82) is 0 Å². The second kappa shape index (κ2) is 7.88. The van der Waals surface area contributed by atoms with E-state index < -0.39 is 0 Å². The fraction of sp³-hybridized carbons (Fsp3) is 0.286. The summed E-state index contributed by atoms with van der Waals surface area (Å²) in [7, 11) is 0. The van der Waals surface area contributed by atoms with Crippen LogP contribution in [0.4, 0.5) is 0 Å². The molecule has 2 aromatic heterocycles. The molecule has 0 atom stereocenters. The molecule has 27 heavy (non-hydrogen) atoms. The lowest BCUT2D eigenvalue weighted by Crippen LogP contribution is -2.38. The Hall–Kier alpha value is -2.73. The smallest absolute Gasteiger partial charge is 0.228 e. The Balaban J connectivity index is 1.33. The van der Waals surface area contributed by atoms with Crippen LogP contribution >= 0.6 is 11.3 Å². The van der Waals surface area contributed by atoms with Gasteiger partial charge in [0.25, 0.3) is 0 Å². The van der Waals surface area contributed by atoms with Gasteiger partial charge in [-0.15, -0.1) is 11.3 Å². The number of hydrogen-bond donors (Lipinski definition) is 1. The Morgan fingerprint density at radius 2 is 1.93 bits per heavy atom. The Morgan fingerprint density at radius 1 is 1.15 bits per heavy atom. The van der Waals surface area contributed by atoms with Crippen LogP contribution in [0, 0.1) is 0 Å². The van der Waals surface area contributed by atoms with Gasteiger partial charge in [0.05, 0.1) is 17.8 Å². The van der Waals surface area contributed by atoms with Crippen molar-refractivity contribution in [2.24, 2.45) is 0 Å².